The van der Waals surface area contributed by atoms with Gasteiger partial charge in [-0.3, -0.25) is 9.58 Å². The number of aromatic nitrogens is 2. The van der Waals surface area contributed by atoms with Crippen LogP contribution in [-0.2, 0) is 13.1 Å². The van der Waals surface area contributed by atoms with Crippen molar-refractivity contribution >= 4 is 0 Å². The summed E-state index contributed by atoms with van der Waals surface area (Å²) in [6.07, 6.45) is 9.43. The fourth-order valence-corrected chi connectivity index (χ4v) is 4.25. The zero-order chi connectivity index (χ0) is 15.6. The molecule has 2 aliphatic rings. The van der Waals surface area contributed by atoms with Crippen molar-refractivity contribution in [3.63, 3.8) is 0 Å². The van der Waals surface area contributed by atoms with Gasteiger partial charge in [-0.05, 0) is 42.9 Å². The van der Waals surface area contributed by atoms with E-state index in [-0.39, 0.29) is 6.10 Å². The quantitative estimate of drug-likeness (QED) is 0.944. The molecule has 0 radical (unpaired) electrons. The fourth-order valence-electron chi connectivity index (χ4n) is 4.25. The van der Waals surface area contributed by atoms with Crippen LogP contribution in [0.5, 0.6) is 0 Å². The minimum Gasteiger partial charge on any atom is -0.393 e. The SMILES string of the molecule is OC1C[C@H]2CCC[C@@H](C1)N2Cc1ccc(Cn2cccn2)cc1. The first-order valence-corrected chi connectivity index (χ1v) is 8.77. The molecule has 3 atom stereocenters. The van der Waals surface area contributed by atoms with Crippen molar-refractivity contribution in [1.29, 1.82) is 0 Å². The molecular formula is C19H25N3O. The average molecular weight is 311 g/mol. The third kappa shape index (κ3) is 3.33. The molecule has 23 heavy (non-hydrogen) atoms. The normalized spacial score (nSPS) is 28.0. The van der Waals surface area contributed by atoms with Crippen molar-refractivity contribution in [2.75, 3.05) is 0 Å². The molecule has 4 nitrogen and oxygen atoms in total. The average Bonchev–Trinajstić information content (AvgIpc) is 3.03. The minimum absolute atomic E-state index is 0.0852. The van der Waals surface area contributed by atoms with Crippen LogP contribution in [0.15, 0.2) is 42.7 Å². The first-order chi connectivity index (χ1) is 11.3. The number of hydrogen-bond donors (Lipinski definition) is 1. The second kappa shape index (κ2) is 6.46. The number of rotatable bonds is 4. The Labute approximate surface area is 137 Å². The van der Waals surface area contributed by atoms with Gasteiger partial charge >= 0.3 is 0 Å². The Morgan fingerprint density at radius 3 is 2.26 bits per heavy atom. The maximum Gasteiger partial charge on any atom is 0.0659 e. The highest BCUT2D eigenvalue weighted by atomic mass is 16.3. The van der Waals surface area contributed by atoms with Crippen LogP contribution in [0.25, 0.3) is 0 Å². The van der Waals surface area contributed by atoms with Crippen LogP contribution in [0.4, 0.5) is 0 Å². The molecule has 1 N–H and O–H groups in total. The Balaban J connectivity index is 1.42. The Bertz CT molecular complexity index is 609. The molecule has 2 bridgehead atoms. The summed E-state index contributed by atoms with van der Waals surface area (Å²) < 4.78 is 1.95. The lowest BCUT2D eigenvalue weighted by Gasteiger charge is -2.47. The monoisotopic (exact) mass is 311 g/mol. The van der Waals surface area contributed by atoms with Gasteiger partial charge in [-0.15, -0.1) is 0 Å². The highest BCUT2D eigenvalue weighted by Gasteiger charge is 2.37. The zero-order valence-corrected chi connectivity index (χ0v) is 13.5. The summed E-state index contributed by atoms with van der Waals surface area (Å²) in [7, 11) is 0. The van der Waals surface area contributed by atoms with Crippen LogP contribution in [0.3, 0.4) is 0 Å². The predicted molar refractivity (Wildman–Crippen MR) is 90.0 cm³/mol. The van der Waals surface area contributed by atoms with E-state index in [1.54, 1.807) is 0 Å². The Kier molecular flexibility index (Phi) is 4.19. The summed E-state index contributed by atoms with van der Waals surface area (Å²) in [5.41, 5.74) is 2.66. The largest absolute Gasteiger partial charge is 0.393 e. The van der Waals surface area contributed by atoms with Gasteiger partial charge in [-0.1, -0.05) is 30.7 Å². The van der Waals surface area contributed by atoms with Gasteiger partial charge in [-0.25, -0.2) is 0 Å². The van der Waals surface area contributed by atoms with E-state index in [4.69, 9.17) is 0 Å². The minimum atomic E-state index is -0.0852. The molecular weight excluding hydrogens is 286 g/mol. The Morgan fingerprint density at radius 2 is 1.65 bits per heavy atom. The summed E-state index contributed by atoms with van der Waals surface area (Å²) in [5.74, 6) is 0. The van der Waals surface area contributed by atoms with Crippen LogP contribution in [0, 0.1) is 0 Å². The van der Waals surface area contributed by atoms with Crippen molar-refractivity contribution in [2.45, 2.75) is 63.4 Å². The van der Waals surface area contributed by atoms with Crippen molar-refractivity contribution < 1.29 is 5.11 Å². The van der Waals surface area contributed by atoms with Gasteiger partial charge in [0.15, 0.2) is 0 Å². The highest BCUT2D eigenvalue weighted by Crippen LogP contribution is 2.35. The summed E-state index contributed by atoms with van der Waals surface area (Å²) >= 11 is 0. The zero-order valence-electron chi connectivity index (χ0n) is 13.5. The van der Waals surface area contributed by atoms with Crippen molar-refractivity contribution in [2.24, 2.45) is 0 Å². The second-order valence-electron chi connectivity index (χ2n) is 7.06. The molecule has 0 aliphatic carbocycles. The van der Waals surface area contributed by atoms with E-state index in [1.165, 1.54) is 30.4 Å². The van der Waals surface area contributed by atoms with Crippen molar-refractivity contribution in [3.8, 4) is 0 Å². The fraction of sp³-hybridized carbons (Fsp3) is 0.526. The lowest BCUT2D eigenvalue weighted by molar-refractivity contribution is -0.0312. The van der Waals surface area contributed by atoms with Crippen LogP contribution in [0.2, 0.25) is 0 Å². The van der Waals surface area contributed by atoms with Crippen LogP contribution in [-0.4, -0.2) is 38.0 Å². The number of nitrogens with zero attached hydrogens (tertiary/aromatic N) is 3. The van der Waals surface area contributed by atoms with E-state index in [9.17, 15) is 5.11 Å². The number of piperidine rings is 2. The van der Waals surface area contributed by atoms with Crippen molar-refractivity contribution in [1.82, 2.24) is 14.7 Å². The summed E-state index contributed by atoms with van der Waals surface area (Å²) in [6.45, 7) is 1.85. The van der Waals surface area contributed by atoms with Gasteiger partial charge in [-0.2, -0.15) is 5.10 Å². The number of hydrogen-bond acceptors (Lipinski definition) is 3. The van der Waals surface area contributed by atoms with Crippen LogP contribution in [0.1, 0.15) is 43.2 Å². The van der Waals surface area contributed by atoms with Gasteiger partial charge in [0.2, 0.25) is 0 Å². The molecule has 2 aromatic rings. The van der Waals surface area contributed by atoms with Crippen LogP contribution >= 0.6 is 0 Å². The molecule has 1 unspecified atom stereocenters. The van der Waals surface area contributed by atoms with Gasteiger partial charge in [0.1, 0.15) is 0 Å². The van der Waals surface area contributed by atoms with E-state index in [0.29, 0.717) is 12.1 Å². The molecule has 0 spiro atoms. The van der Waals surface area contributed by atoms with Crippen LogP contribution < -0.4 is 0 Å². The molecule has 2 fully saturated rings. The first kappa shape index (κ1) is 14.9. The molecule has 2 aliphatic heterocycles. The molecule has 3 heterocycles. The van der Waals surface area contributed by atoms with E-state index >= 15 is 0 Å². The maximum absolute atomic E-state index is 10.0. The molecule has 4 heteroatoms. The topological polar surface area (TPSA) is 41.3 Å². The molecule has 0 saturated carbocycles. The highest BCUT2D eigenvalue weighted by molar-refractivity contribution is 5.23. The second-order valence-corrected chi connectivity index (χ2v) is 7.06. The third-order valence-electron chi connectivity index (χ3n) is 5.39. The molecule has 2 saturated heterocycles. The molecule has 0 amide bonds. The van der Waals surface area contributed by atoms with Gasteiger partial charge < -0.3 is 5.11 Å². The number of fused-ring (bicyclic) bond motifs is 2. The molecule has 4 rings (SSSR count). The molecule has 122 valence electrons. The third-order valence-corrected chi connectivity index (χ3v) is 5.39. The van der Waals surface area contributed by atoms with E-state index in [1.807, 2.05) is 23.1 Å². The molecule has 1 aromatic heterocycles. The van der Waals surface area contributed by atoms with Gasteiger partial charge in [0, 0.05) is 31.0 Å². The van der Waals surface area contributed by atoms with Gasteiger partial charge in [0.05, 0.1) is 12.6 Å². The van der Waals surface area contributed by atoms with Crippen molar-refractivity contribution in [3.05, 3.63) is 53.9 Å². The first-order valence-electron chi connectivity index (χ1n) is 8.77. The lowest BCUT2D eigenvalue weighted by atomic mass is 9.82. The number of benzene rings is 1. The summed E-state index contributed by atoms with van der Waals surface area (Å²) in [5, 5.41) is 14.3. The predicted octanol–water partition coefficient (Wildman–Crippen LogP) is 2.81. The van der Waals surface area contributed by atoms with E-state index in [2.05, 4.69) is 34.3 Å². The Morgan fingerprint density at radius 1 is 1.00 bits per heavy atom. The summed E-state index contributed by atoms with van der Waals surface area (Å²) in [6, 6.07) is 12.0. The molecule has 1 aromatic carbocycles. The smallest absolute Gasteiger partial charge is 0.0659 e. The van der Waals surface area contributed by atoms with E-state index in [0.717, 1.165) is 25.9 Å². The maximum atomic E-state index is 10.0. The number of aliphatic hydroxyl groups excluding tert-OH is 1. The summed E-state index contributed by atoms with van der Waals surface area (Å²) in [4.78, 5) is 2.64. The Hall–Kier alpha value is -1.65. The standard InChI is InChI=1S/C19H25N3O/c23-19-11-17-3-1-4-18(12-19)22(17)14-16-7-5-15(6-8-16)13-21-10-2-9-20-21/h2,5-10,17-19,23H,1,3-4,11-14H2/t17-,18+,19?. The number of aliphatic hydroxyl groups is 1. The van der Waals surface area contributed by atoms with E-state index < -0.39 is 0 Å². The van der Waals surface area contributed by atoms with Gasteiger partial charge in [0.25, 0.3) is 0 Å². The lowest BCUT2D eigenvalue weighted by Crippen LogP contribution is -2.52.